The van der Waals surface area contributed by atoms with Crippen molar-refractivity contribution in [2.24, 2.45) is 5.92 Å². The van der Waals surface area contributed by atoms with E-state index >= 15 is 0 Å². The summed E-state index contributed by atoms with van der Waals surface area (Å²) in [5, 5.41) is 12.4. The largest absolute Gasteiger partial charge is 0.481 e. The number of nitrogens with zero attached hydrogens (tertiary/aromatic N) is 1. The molecule has 250 valence electrons. The molecule has 2 aliphatic heterocycles. The number of unbranched alkanes of at least 4 members (excludes halogenated alkanes) is 11. The van der Waals surface area contributed by atoms with Crippen molar-refractivity contribution in [3.05, 3.63) is 47.6 Å². The lowest BCUT2D eigenvalue weighted by molar-refractivity contribution is -0.149. The summed E-state index contributed by atoms with van der Waals surface area (Å²) in [6, 6.07) is 4.11. The Morgan fingerprint density at radius 3 is 2.36 bits per heavy atom. The Hall–Kier alpha value is -2.11. The zero-order chi connectivity index (χ0) is 31.9. The Morgan fingerprint density at radius 2 is 1.69 bits per heavy atom. The van der Waals surface area contributed by atoms with E-state index in [-0.39, 0.29) is 18.1 Å². The molecule has 2 aliphatic carbocycles. The Kier molecular flexibility index (Phi) is 11.9. The molecular weight excluding hydrogens is 558 g/mol. The van der Waals surface area contributed by atoms with Gasteiger partial charge in [-0.25, -0.2) is 0 Å². The smallest absolute Gasteiger partial charge is 0.311 e. The minimum absolute atomic E-state index is 0.0515. The number of ether oxygens (including phenoxy) is 2. The predicted octanol–water partition coefficient (Wildman–Crippen LogP) is 9.39. The number of carbonyl (C=O) groups excluding carboxylic acids is 1. The standard InChI is InChI=1S/C40H61NO4/c1-5-7-8-9-10-11-12-13-14-15-16-17-18-19-20-21-35(42)44-33-25-24-32-28-34-39(4,43)40(26-27-41(34)29-31-22-23-31)36(32)37(33)45-38(40)30(3)6-2/h13-14,24-25,31,34,38,43H,3,5-12,15-23,26-29H2,1-2,4H3/b14-13-/t34?,38-,39+,40-/m0/s1. The van der Waals surface area contributed by atoms with Crippen LogP contribution in [0.1, 0.15) is 147 Å². The van der Waals surface area contributed by atoms with Gasteiger partial charge in [0.05, 0.1) is 11.0 Å². The summed E-state index contributed by atoms with van der Waals surface area (Å²) in [5.74, 6) is 1.75. The Balaban J connectivity index is 1.11. The van der Waals surface area contributed by atoms with E-state index in [9.17, 15) is 9.90 Å². The quantitative estimate of drug-likeness (QED) is 0.0682. The maximum absolute atomic E-state index is 13.0. The fourth-order valence-electron chi connectivity index (χ4n) is 8.48. The number of hydrogen-bond donors (Lipinski definition) is 1. The van der Waals surface area contributed by atoms with Crippen molar-refractivity contribution in [2.45, 2.75) is 166 Å². The number of piperidine rings is 1. The van der Waals surface area contributed by atoms with E-state index in [2.05, 4.69) is 43.5 Å². The molecule has 0 aromatic heterocycles. The van der Waals surface area contributed by atoms with Crippen LogP contribution in [0, 0.1) is 5.92 Å². The summed E-state index contributed by atoms with van der Waals surface area (Å²) in [4.78, 5) is 15.5. The maximum Gasteiger partial charge on any atom is 0.311 e. The van der Waals surface area contributed by atoms with E-state index in [0.717, 1.165) is 75.1 Å². The summed E-state index contributed by atoms with van der Waals surface area (Å²) in [5.41, 5.74) is 1.76. The highest BCUT2D eigenvalue weighted by Crippen LogP contribution is 2.63. The third-order valence-electron chi connectivity index (χ3n) is 11.4. The van der Waals surface area contributed by atoms with Crippen LogP contribution >= 0.6 is 0 Å². The average Bonchev–Trinajstić information content (AvgIpc) is 3.77. The molecule has 1 unspecified atom stereocenters. The van der Waals surface area contributed by atoms with Gasteiger partial charge in [-0.15, -0.1) is 0 Å². The lowest BCUT2D eigenvalue weighted by Crippen LogP contribution is -2.73. The molecule has 1 saturated heterocycles. The van der Waals surface area contributed by atoms with Crippen LogP contribution in [0.3, 0.4) is 0 Å². The van der Waals surface area contributed by atoms with Crippen LogP contribution in [-0.4, -0.2) is 46.8 Å². The summed E-state index contributed by atoms with van der Waals surface area (Å²) in [6.07, 6.45) is 25.9. The molecule has 5 rings (SSSR count). The first kappa shape index (κ1) is 34.2. The van der Waals surface area contributed by atoms with E-state index in [1.807, 2.05) is 13.0 Å². The van der Waals surface area contributed by atoms with Gasteiger partial charge in [0, 0.05) is 24.6 Å². The number of likely N-dealkylation sites (tertiary alicyclic amines) is 1. The van der Waals surface area contributed by atoms with Gasteiger partial charge >= 0.3 is 5.97 Å². The fraction of sp³-hybridized carbons (Fsp3) is 0.725. The van der Waals surface area contributed by atoms with Gasteiger partial charge in [-0.3, -0.25) is 9.69 Å². The normalized spacial score (nSPS) is 27.0. The van der Waals surface area contributed by atoms with E-state index in [0.29, 0.717) is 17.9 Å². The van der Waals surface area contributed by atoms with E-state index in [1.54, 1.807) is 0 Å². The number of allylic oxidation sites excluding steroid dienone is 2. The van der Waals surface area contributed by atoms with Crippen molar-refractivity contribution in [3.63, 3.8) is 0 Å². The molecule has 45 heavy (non-hydrogen) atoms. The summed E-state index contributed by atoms with van der Waals surface area (Å²) in [6.45, 7) is 12.8. The van der Waals surface area contributed by atoms with E-state index < -0.39 is 11.0 Å². The molecule has 1 aromatic rings. The van der Waals surface area contributed by atoms with Crippen molar-refractivity contribution in [1.82, 2.24) is 4.90 Å². The minimum atomic E-state index is -0.965. The highest BCUT2D eigenvalue weighted by atomic mass is 16.6. The van der Waals surface area contributed by atoms with Gasteiger partial charge in [-0.05, 0) is 101 Å². The fourth-order valence-corrected chi connectivity index (χ4v) is 8.48. The molecule has 1 spiro atoms. The lowest BCUT2D eigenvalue weighted by atomic mass is 9.52. The number of aliphatic hydroxyl groups is 1. The number of fused-ring (bicyclic) bond motifs is 1. The number of esters is 1. The van der Waals surface area contributed by atoms with Crippen molar-refractivity contribution >= 4 is 5.97 Å². The van der Waals surface area contributed by atoms with Crippen molar-refractivity contribution in [1.29, 1.82) is 0 Å². The molecule has 5 heteroatoms. The molecule has 0 amide bonds. The first-order valence-corrected chi connectivity index (χ1v) is 18.7. The topological polar surface area (TPSA) is 59.0 Å². The molecule has 2 heterocycles. The zero-order valence-electron chi connectivity index (χ0n) is 28.7. The van der Waals surface area contributed by atoms with E-state index in [1.165, 1.54) is 76.2 Å². The molecule has 4 aliphatic rings. The molecule has 1 N–H and O–H groups in total. The second-order valence-electron chi connectivity index (χ2n) is 14.8. The lowest BCUT2D eigenvalue weighted by Gasteiger charge is -2.60. The highest BCUT2D eigenvalue weighted by Gasteiger charge is 2.68. The molecule has 1 saturated carbocycles. The van der Waals surface area contributed by atoms with Crippen molar-refractivity contribution in [3.8, 4) is 11.5 Å². The summed E-state index contributed by atoms with van der Waals surface area (Å²) < 4.78 is 12.7. The molecule has 1 aromatic carbocycles. The zero-order valence-corrected chi connectivity index (χ0v) is 28.7. The molecule has 2 fully saturated rings. The second kappa shape index (κ2) is 15.7. The number of rotatable bonds is 20. The third-order valence-corrected chi connectivity index (χ3v) is 11.4. The summed E-state index contributed by atoms with van der Waals surface area (Å²) in [7, 11) is 0. The summed E-state index contributed by atoms with van der Waals surface area (Å²) >= 11 is 0. The molecule has 0 radical (unpaired) electrons. The first-order valence-electron chi connectivity index (χ1n) is 18.7. The molecule has 2 bridgehead atoms. The molecule has 4 atom stereocenters. The Bertz CT molecular complexity index is 1180. The maximum atomic E-state index is 13.0. The predicted molar refractivity (Wildman–Crippen MR) is 184 cm³/mol. The van der Waals surface area contributed by atoms with Gasteiger partial charge in [-0.2, -0.15) is 0 Å². The van der Waals surface area contributed by atoms with Crippen molar-refractivity contribution in [2.75, 3.05) is 13.1 Å². The van der Waals surface area contributed by atoms with Gasteiger partial charge < -0.3 is 14.6 Å². The van der Waals surface area contributed by atoms with E-state index in [4.69, 9.17) is 9.47 Å². The number of carbonyl (C=O) groups is 1. The monoisotopic (exact) mass is 619 g/mol. The minimum Gasteiger partial charge on any atom is -0.481 e. The van der Waals surface area contributed by atoms with Crippen molar-refractivity contribution < 1.29 is 19.4 Å². The SMILES string of the molecule is C=C(CC)[C@@H]1Oc2c(OC(=O)CCCCCCC/C=C\CCCCCCCC)ccc3c2[C@@]12CCN(CC1CC1)C(C3)[C@@]2(C)O. The van der Waals surface area contributed by atoms with Crippen LogP contribution in [0.15, 0.2) is 36.4 Å². The van der Waals surface area contributed by atoms with Crippen LogP contribution in [0.4, 0.5) is 0 Å². The number of benzene rings is 1. The van der Waals surface area contributed by atoms with Crippen LogP contribution in [0.2, 0.25) is 0 Å². The van der Waals surface area contributed by atoms with Gasteiger partial charge in [0.2, 0.25) is 0 Å². The first-order chi connectivity index (χ1) is 21.8. The Morgan fingerprint density at radius 1 is 1.02 bits per heavy atom. The average molecular weight is 620 g/mol. The Labute approximate surface area is 273 Å². The van der Waals surface area contributed by atoms with Gasteiger partial charge in [0.25, 0.3) is 0 Å². The molecular formula is C40H61NO4. The van der Waals surface area contributed by atoms with Crippen LogP contribution < -0.4 is 9.47 Å². The second-order valence-corrected chi connectivity index (χ2v) is 14.8. The third kappa shape index (κ3) is 7.56. The highest BCUT2D eigenvalue weighted by molar-refractivity contribution is 5.75. The van der Waals surface area contributed by atoms with Gasteiger partial charge in [-0.1, -0.05) is 90.0 Å². The van der Waals surface area contributed by atoms with Gasteiger partial charge in [0.1, 0.15) is 6.10 Å². The van der Waals surface area contributed by atoms with Crippen LogP contribution in [0.25, 0.3) is 0 Å². The number of hydrogen-bond acceptors (Lipinski definition) is 5. The van der Waals surface area contributed by atoms with Crippen LogP contribution in [0.5, 0.6) is 11.5 Å². The van der Waals surface area contributed by atoms with Gasteiger partial charge in [0.15, 0.2) is 11.5 Å². The molecule has 5 nitrogen and oxygen atoms in total. The van der Waals surface area contributed by atoms with Crippen LogP contribution in [-0.2, 0) is 16.6 Å².